The van der Waals surface area contributed by atoms with Crippen molar-refractivity contribution in [3.8, 4) is 6.07 Å². The van der Waals surface area contributed by atoms with E-state index in [1.807, 2.05) is 0 Å². The summed E-state index contributed by atoms with van der Waals surface area (Å²) in [7, 11) is -1.01. The lowest BCUT2D eigenvalue weighted by atomic mass is 9.83. The van der Waals surface area contributed by atoms with Crippen LogP contribution >= 0.6 is 0 Å². The molecule has 7 heteroatoms. The summed E-state index contributed by atoms with van der Waals surface area (Å²) < 4.78 is 16.6. The Morgan fingerprint density at radius 1 is 1.35 bits per heavy atom. The van der Waals surface area contributed by atoms with Crippen molar-refractivity contribution >= 4 is 22.7 Å². The van der Waals surface area contributed by atoms with Gasteiger partial charge in [0.1, 0.15) is 5.54 Å². The second-order valence-corrected chi connectivity index (χ2v) is 8.14. The number of rotatable bonds is 6. The van der Waals surface area contributed by atoms with Gasteiger partial charge in [0.15, 0.2) is 6.10 Å². The third-order valence-corrected chi connectivity index (χ3v) is 5.21. The van der Waals surface area contributed by atoms with Crippen molar-refractivity contribution < 1.29 is 18.5 Å². The Labute approximate surface area is 156 Å². The van der Waals surface area contributed by atoms with E-state index in [-0.39, 0.29) is 0 Å². The molecule has 2 unspecified atom stereocenters. The van der Waals surface area contributed by atoms with Crippen molar-refractivity contribution in [2.75, 3.05) is 6.26 Å². The molecule has 2 atom stereocenters. The van der Waals surface area contributed by atoms with Crippen LogP contribution in [0.3, 0.4) is 0 Å². The minimum atomic E-state index is -1.01. The summed E-state index contributed by atoms with van der Waals surface area (Å²) in [5, 5.41) is 12.2. The number of benzene rings is 1. The van der Waals surface area contributed by atoms with Gasteiger partial charge in [-0.15, -0.1) is 0 Å². The number of nitrogens with zero attached hydrogens (tertiary/aromatic N) is 1. The second-order valence-electron chi connectivity index (χ2n) is 6.71. The zero-order chi connectivity index (χ0) is 19.2. The van der Waals surface area contributed by atoms with Crippen LogP contribution in [0.15, 0.2) is 24.3 Å². The number of nitrogens with one attached hydrogen (secondary N) is 1. The van der Waals surface area contributed by atoms with E-state index in [4.69, 9.17) is 4.74 Å². The average molecular weight is 376 g/mol. The molecule has 0 radical (unpaired) electrons. The van der Waals surface area contributed by atoms with Crippen molar-refractivity contribution in [1.29, 1.82) is 5.26 Å². The van der Waals surface area contributed by atoms with E-state index in [2.05, 4.69) is 11.4 Å². The molecule has 1 fully saturated rings. The summed E-state index contributed by atoms with van der Waals surface area (Å²) in [6.07, 6.45) is 4.68. The monoisotopic (exact) mass is 376 g/mol. The average Bonchev–Trinajstić information content (AvgIpc) is 2.62. The van der Waals surface area contributed by atoms with Gasteiger partial charge in [-0.2, -0.15) is 5.26 Å². The summed E-state index contributed by atoms with van der Waals surface area (Å²) in [6, 6.07) is 8.90. The molecule has 1 amide bonds. The van der Waals surface area contributed by atoms with Crippen LogP contribution in [0.1, 0.15) is 54.9 Å². The number of ether oxygens (including phenoxy) is 1. The first-order chi connectivity index (χ1) is 12.3. The number of esters is 1. The van der Waals surface area contributed by atoms with Crippen LogP contribution < -0.4 is 5.32 Å². The highest BCUT2D eigenvalue weighted by molar-refractivity contribution is 7.83. The molecular weight excluding hydrogens is 352 g/mol. The molecule has 0 heterocycles. The van der Waals surface area contributed by atoms with E-state index < -0.39 is 34.3 Å². The highest BCUT2D eigenvalue weighted by Crippen LogP contribution is 2.27. The predicted molar refractivity (Wildman–Crippen MR) is 98.7 cm³/mol. The Morgan fingerprint density at radius 2 is 2.04 bits per heavy atom. The lowest BCUT2D eigenvalue weighted by Gasteiger charge is -2.32. The minimum absolute atomic E-state index is 0.306. The molecule has 1 aliphatic rings. The van der Waals surface area contributed by atoms with Gasteiger partial charge in [-0.25, -0.2) is 4.79 Å². The molecule has 1 aromatic rings. The van der Waals surface area contributed by atoms with Crippen LogP contribution in [0.2, 0.25) is 0 Å². The molecule has 1 aliphatic carbocycles. The molecule has 2 rings (SSSR count). The van der Waals surface area contributed by atoms with Gasteiger partial charge in [0, 0.05) is 22.8 Å². The molecule has 1 saturated carbocycles. The largest absolute Gasteiger partial charge is 0.449 e. The van der Waals surface area contributed by atoms with Crippen LogP contribution in [0.25, 0.3) is 0 Å². The van der Waals surface area contributed by atoms with Gasteiger partial charge >= 0.3 is 5.97 Å². The zero-order valence-corrected chi connectivity index (χ0v) is 15.9. The Morgan fingerprint density at radius 3 is 2.65 bits per heavy atom. The maximum absolute atomic E-state index is 12.4. The number of nitriles is 1. The lowest BCUT2D eigenvalue weighted by molar-refractivity contribution is -0.130. The van der Waals surface area contributed by atoms with Gasteiger partial charge in [-0.05, 0) is 37.5 Å². The van der Waals surface area contributed by atoms with Crippen LogP contribution in [0.4, 0.5) is 0 Å². The predicted octanol–water partition coefficient (Wildman–Crippen LogP) is 2.45. The van der Waals surface area contributed by atoms with E-state index in [1.165, 1.54) is 6.92 Å². The number of amides is 1. The molecule has 6 nitrogen and oxygen atoms in total. The van der Waals surface area contributed by atoms with Crippen molar-refractivity contribution in [3.05, 3.63) is 35.4 Å². The number of carbonyl (C=O) groups excluding carboxylic acids is 2. The fraction of sp³-hybridized carbons (Fsp3) is 0.526. The van der Waals surface area contributed by atoms with Crippen molar-refractivity contribution in [2.45, 2.75) is 56.4 Å². The van der Waals surface area contributed by atoms with E-state index in [0.29, 0.717) is 24.2 Å². The third-order valence-electron chi connectivity index (χ3n) is 4.47. The molecule has 140 valence electrons. The summed E-state index contributed by atoms with van der Waals surface area (Å²) in [5.41, 5.74) is 0.212. The first kappa shape index (κ1) is 20.1. The molecule has 0 saturated heterocycles. The van der Waals surface area contributed by atoms with E-state index in [0.717, 1.165) is 24.8 Å². The maximum Gasteiger partial charge on any atom is 0.338 e. The van der Waals surface area contributed by atoms with Gasteiger partial charge in [0.05, 0.1) is 11.6 Å². The van der Waals surface area contributed by atoms with Crippen molar-refractivity contribution in [2.24, 2.45) is 0 Å². The van der Waals surface area contributed by atoms with Crippen LogP contribution in [0.5, 0.6) is 0 Å². The van der Waals surface area contributed by atoms with Gasteiger partial charge in [0.2, 0.25) is 0 Å². The van der Waals surface area contributed by atoms with Crippen LogP contribution in [-0.2, 0) is 26.1 Å². The van der Waals surface area contributed by atoms with Gasteiger partial charge < -0.3 is 10.1 Å². The quantitative estimate of drug-likeness (QED) is 0.769. The number of hydrogen-bond donors (Lipinski definition) is 1. The summed E-state index contributed by atoms with van der Waals surface area (Å²) in [5.74, 6) is -0.736. The number of carbonyl (C=O) groups is 2. The van der Waals surface area contributed by atoms with Gasteiger partial charge in [-0.3, -0.25) is 9.00 Å². The molecule has 0 aromatic heterocycles. The topological polar surface area (TPSA) is 96.3 Å². The summed E-state index contributed by atoms with van der Waals surface area (Å²) in [6.45, 7) is 1.49. The van der Waals surface area contributed by atoms with E-state index in [1.54, 1.807) is 30.5 Å². The van der Waals surface area contributed by atoms with Crippen LogP contribution in [0, 0.1) is 11.3 Å². The lowest BCUT2D eigenvalue weighted by Crippen LogP contribution is -2.52. The summed E-state index contributed by atoms with van der Waals surface area (Å²) in [4.78, 5) is 24.7. The Bertz CT molecular complexity index is 735. The minimum Gasteiger partial charge on any atom is -0.449 e. The first-order valence-electron chi connectivity index (χ1n) is 8.68. The van der Waals surface area contributed by atoms with Crippen molar-refractivity contribution in [1.82, 2.24) is 5.32 Å². The SMILES string of the molecule is CC(OC(=O)c1cccc(CS(C)=O)c1)C(=O)NC1(C#N)CCCCC1. The summed E-state index contributed by atoms with van der Waals surface area (Å²) >= 11 is 0. The van der Waals surface area contributed by atoms with E-state index in [9.17, 15) is 19.1 Å². The maximum atomic E-state index is 12.4. The second kappa shape index (κ2) is 8.95. The molecule has 26 heavy (non-hydrogen) atoms. The standard InChI is InChI=1S/C19H24N2O4S/c1-14(17(22)21-19(13-20)9-4-3-5-10-19)25-18(23)16-8-6-7-15(11-16)12-26(2)24/h6-8,11,14H,3-5,9-10,12H2,1-2H3,(H,21,22). The Balaban J connectivity index is 1.99. The molecule has 1 aromatic carbocycles. The highest BCUT2D eigenvalue weighted by atomic mass is 32.2. The number of hydrogen-bond acceptors (Lipinski definition) is 5. The smallest absolute Gasteiger partial charge is 0.338 e. The molecule has 0 aliphatic heterocycles. The normalized spacial score (nSPS) is 18.2. The molecule has 0 spiro atoms. The zero-order valence-electron chi connectivity index (χ0n) is 15.1. The molecule has 0 bridgehead atoms. The Kier molecular flexibility index (Phi) is 6.92. The fourth-order valence-electron chi connectivity index (χ4n) is 3.06. The first-order valence-corrected chi connectivity index (χ1v) is 10.4. The van der Waals surface area contributed by atoms with Gasteiger partial charge in [0.25, 0.3) is 5.91 Å². The molecule has 1 N–H and O–H groups in total. The van der Waals surface area contributed by atoms with Crippen LogP contribution in [-0.4, -0.2) is 34.0 Å². The van der Waals surface area contributed by atoms with Gasteiger partial charge in [-0.1, -0.05) is 31.4 Å². The third kappa shape index (κ3) is 5.40. The van der Waals surface area contributed by atoms with E-state index >= 15 is 0 Å². The Hall–Kier alpha value is -2.20. The van der Waals surface area contributed by atoms with Crippen molar-refractivity contribution in [3.63, 3.8) is 0 Å². The fourth-order valence-corrected chi connectivity index (χ4v) is 3.71. The highest BCUT2D eigenvalue weighted by Gasteiger charge is 2.35. The molecular formula is C19H24N2O4S.